The van der Waals surface area contributed by atoms with Crippen molar-refractivity contribution in [1.82, 2.24) is 0 Å². The molecule has 0 radical (unpaired) electrons. The zero-order chi connectivity index (χ0) is 12.7. The Morgan fingerprint density at radius 3 is 2.12 bits per heavy atom. The first-order valence-electron chi connectivity index (χ1n) is 5.92. The molecule has 0 saturated carbocycles. The highest BCUT2D eigenvalue weighted by Crippen LogP contribution is 2.44. The molecule has 5 nitrogen and oxygen atoms in total. The number of fused-ring (bicyclic) bond motifs is 2. The molecule has 2 rings (SSSR count). The highest BCUT2D eigenvalue weighted by Gasteiger charge is 2.53. The fourth-order valence-corrected chi connectivity index (χ4v) is 5.64. The van der Waals surface area contributed by atoms with Crippen molar-refractivity contribution in [1.29, 1.82) is 0 Å². The van der Waals surface area contributed by atoms with E-state index >= 15 is 0 Å². The summed E-state index contributed by atoms with van der Waals surface area (Å²) in [6.45, 7) is 0. The second-order valence-corrected chi connectivity index (χ2v) is 7.66. The van der Waals surface area contributed by atoms with Gasteiger partial charge in [-0.05, 0) is 25.7 Å². The number of hydrogen-bond donors (Lipinski definition) is 1. The molecule has 0 amide bonds. The van der Waals surface area contributed by atoms with Crippen molar-refractivity contribution in [2.75, 3.05) is 14.2 Å². The monoisotopic (exact) mass is 264 g/mol. The Balaban J connectivity index is 2.10. The number of aliphatic hydroxyl groups is 1. The molecule has 0 spiro atoms. The van der Waals surface area contributed by atoms with Gasteiger partial charge in [0.2, 0.25) is 0 Å². The number of sulfone groups is 1. The lowest BCUT2D eigenvalue weighted by molar-refractivity contribution is -0.147. The molecule has 2 unspecified atom stereocenters. The molecule has 0 aromatic heterocycles. The first kappa shape index (κ1) is 13.3. The Morgan fingerprint density at radius 1 is 1.24 bits per heavy atom. The van der Waals surface area contributed by atoms with Crippen LogP contribution in [0.3, 0.4) is 0 Å². The van der Waals surface area contributed by atoms with Crippen LogP contribution in [0, 0.1) is 0 Å². The minimum Gasteiger partial charge on any atom is -0.390 e. The third-order valence-electron chi connectivity index (χ3n) is 4.03. The highest BCUT2D eigenvalue weighted by molar-refractivity contribution is 7.93. The number of ether oxygens (including phenoxy) is 2. The number of rotatable bonds is 4. The van der Waals surface area contributed by atoms with Crippen molar-refractivity contribution in [2.24, 2.45) is 0 Å². The first-order valence-corrected chi connectivity index (χ1v) is 7.53. The van der Waals surface area contributed by atoms with Crippen molar-refractivity contribution in [3.63, 3.8) is 0 Å². The van der Waals surface area contributed by atoms with E-state index in [2.05, 4.69) is 0 Å². The summed E-state index contributed by atoms with van der Waals surface area (Å²) in [6, 6.07) is 0. The molecular weight excluding hydrogens is 244 g/mol. The molecule has 0 aliphatic carbocycles. The summed E-state index contributed by atoms with van der Waals surface area (Å²) in [7, 11) is 0.0481. The van der Waals surface area contributed by atoms with Crippen molar-refractivity contribution in [2.45, 2.75) is 54.5 Å². The normalized spacial score (nSPS) is 39.8. The summed E-state index contributed by atoms with van der Waals surface area (Å²) in [4.78, 5) is 0. The van der Waals surface area contributed by atoms with Crippen molar-refractivity contribution in [3.8, 4) is 0 Å². The van der Waals surface area contributed by atoms with Crippen LogP contribution in [-0.4, -0.2) is 50.1 Å². The average molecular weight is 264 g/mol. The quantitative estimate of drug-likeness (QED) is 0.747. The maximum absolute atomic E-state index is 11.9. The lowest BCUT2D eigenvalue weighted by atomic mass is 9.90. The van der Waals surface area contributed by atoms with Crippen LogP contribution in [0.4, 0.5) is 0 Å². The highest BCUT2D eigenvalue weighted by atomic mass is 32.2. The van der Waals surface area contributed by atoms with Crippen LogP contribution in [0.5, 0.6) is 0 Å². The summed E-state index contributed by atoms with van der Waals surface area (Å²) in [5.74, 6) is 0. The second-order valence-electron chi connectivity index (χ2n) is 5.15. The third-order valence-corrected chi connectivity index (χ3v) is 6.69. The predicted molar refractivity (Wildman–Crippen MR) is 62.3 cm³/mol. The molecule has 2 atom stereocenters. The van der Waals surface area contributed by atoms with Crippen molar-refractivity contribution in [3.05, 3.63) is 0 Å². The minimum absolute atomic E-state index is 0.315. The van der Waals surface area contributed by atoms with Crippen LogP contribution in [0.1, 0.15) is 32.1 Å². The van der Waals surface area contributed by atoms with E-state index in [1.807, 2.05) is 0 Å². The zero-order valence-corrected chi connectivity index (χ0v) is 11.1. The van der Waals surface area contributed by atoms with Gasteiger partial charge >= 0.3 is 0 Å². The largest absolute Gasteiger partial charge is 0.390 e. The maximum atomic E-state index is 11.9. The maximum Gasteiger partial charge on any atom is 0.159 e. The fourth-order valence-electron chi connectivity index (χ4n) is 3.08. The summed E-state index contributed by atoms with van der Waals surface area (Å²) in [6.07, 6.45) is 1.85. The Labute approximate surface area is 102 Å². The van der Waals surface area contributed by atoms with E-state index in [1.165, 1.54) is 14.2 Å². The second kappa shape index (κ2) is 4.50. The first-order chi connectivity index (χ1) is 7.91. The van der Waals surface area contributed by atoms with Gasteiger partial charge in [-0.3, -0.25) is 0 Å². The topological polar surface area (TPSA) is 72.8 Å². The van der Waals surface area contributed by atoms with Crippen LogP contribution in [0.2, 0.25) is 0 Å². The molecule has 1 N–H and O–H groups in total. The van der Waals surface area contributed by atoms with Gasteiger partial charge in [0.25, 0.3) is 0 Å². The van der Waals surface area contributed by atoms with E-state index in [0.29, 0.717) is 32.1 Å². The van der Waals surface area contributed by atoms with Gasteiger partial charge in [-0.1, -0.05) is 0 Å². The van der Waals surface area contributed by atoms with E-state index in [4.69, 9.17) is 9.47 Å². The minimum atomic E-state index is -2.99. The fraction of sp³-hybridized carbons (Fsp3) is 1.00. The van der Waals surface area contributed by atoms with E-state index in [1.54, 1.807) is 0 Å². The Morgan fingerprint density at radius 2 is 1.71 bits per heavy atom. The number of hydrogen-bond acceptors (Lipinski definition) is 5. The van der Waals surface area contributed by atoms with Gasteiger partial charge in [0, 0.05) is 20.6 Å². The van der Waals surface area contributed by atoms with Gasteiger partial charge in [-0.25, -0.2) is 8.42 Å². The molecule has 100 valence electrons. The molecule has 2 aliphatic rings. The summed E-state index contributed by atoms with van der Waals surface area (Å²) < 4.78 is 34.0. The summed E-state index contributed by atoms with van der Waals surface area (Å²) >= 11 is 0. The standard InChI is InChI=1S/C11H20O5S/c1-15-10(16-2)7-11(12)5-8-3-4-9(6-11)17(8,13)14/h8-10,12H,3-7H2,1-2H3. The molecule has 0 aromatic rings. The van der Waals surface area contributed by atoms with Gasteiger partial charge < -0.3 is 14.6 Å². The van der Waals surface area contributed by atoms with Gasteiger partial charge in [0.05, 0.1) is 16.1 Å². The van der Waals surface area contributed by atoms with Crippen LogP contribution in [0.15, 0.2) is 0 Å². The van der Waals surface area contributed by atoms with Crippen molar-refractivity contribution < 1.29 is 23.0 Å². The average Bonchev–Trinajstić information content (AvgIpc) is 2.47. The van der Waals surface area contributed by atoms with Crippen LogP contribution in [0.25, 0.3) is 0 Å². The molecule has 2 fully saturated rings. The summed E-state index contributed by atoms with van der Waals surface area (Å²) in [5.41, 5.74) is -0.964. The third kappa shape index (κ3) is 2.36. The van der Waals surface area contributed by atoms with Gasteiger partial charge in [0.1, 0.15) is 0 Å². The molecule has 2 aliphatic heterocycles. The lowest BCUT2D eigenvalue weighted by Gasteiger charge is -2.37. The molecule has 2 bridgehead atoms. The SMILES string of the molecule is COC(CC1(O)CC2CCC(C1)S2(=O)=O)OC. The van der Waals surface area contributed by atoms with Gasteiger partial charge in [-0.2, -0.15) is 0 Å². The summed E-state index contributed by atoms with van der Waals surface area (Å²) in [5, 5.41) is 9.74. The van der Waals surface area contributed by atoms with E-state index in [-0.39, 0.29) is 10.5 Å². The van der Waals surface area contributed by atoms with Gasteiger partial charge in [-0.15, -0.1) is 0 Å². The van der Waals surface area contributed by atoms with Crippen LogP contribution in [-0.2, 0) is 19.3 Å². The molecule has 2 heterocycles. The zero-order valence-electron chi connectivity index (χ0n) is 10.3. The smallest absolute Gasteiger partial charge is 0.159 e. The van der Waals surface area contributed by atoms with Gasteiger partial charge in [0.15, 0.2) is 16.1 Å². The molecule has 6 heteroatoms. The van der Waals surface area contributed by atoms with Crippen LogP contribution >= 0.6 is 0 Å². The molecule has 17 heavy (non-hydrogen) atoms. The van der Waals surface area contributed by atoms with E-state index in [9.17, 15) is 13.5 Å². The Bertz CT molecular complexity index is 353. The van der Waals surface area contributed by atoms with Crippen molar-refractivity contribution >= 4 is 9.84 Å². The predicted octanol–water partition coefficient (Wildman–Crippen LogP) is 0.466. The van der Waals surface area contributed by atoms with E-state index in [0.717, 1.165) is 0 Å². The lowest BCUT2D eigenvalue weighted by Crippen LogP contribution is -2.47. The molecule has 0 aromatic carbocycles. The van der Waals surface area contributed by atoms with E-state index < -0.39 is 21.7 Å². The number of methoxy groups -OCH3 is 2. The van der Waals surface area contributed by atoms with Crippen LogP contribution < -0.4 is 0 Å². The molecule has 2 saturated heterocycles. The Kier molecular flexibility index (Phi) is 3.51. The molecular formula is C11H20O5S. The Hall–Kier alpha value is -0.170.